The average molecular weight is 560 g/mol. The zero-order chi connectivity index (χ0) is 28.4. The normalized spacial score (nSPS) is 40.4. The molecule has 1 nitrogen and oxygen atoms in total. The van der Waals surface area contributed by atoms with Gasteiger partial charge in [-0.3, -0.25) is 0 Å². The number of allylic oxidation sites excluding steroid dienone is 20. The molecule has 1 heteroatoms. The van der Waals surface area contributed by atoms with Gasteiger partial charge in [-0.2, -0.15) is 0 Å². The van der Waals surface area contributed by atoms with Gasteiger partial charge in [0.05, 0.1) is 0 Å². The Hall–Kier alpha value is -3.84. The smallest absolute Gasteiger partial charge is 0.0447 e. The topological polar surface area (TPSA) is 12.0 Å². The number of rotatable bonds is 5. The average Bonchev–Trinajstić information content (AvgIpc) is 3.76. The molecule has 0 aliphatic heterocycles. The SMILES string of the molecule is C1=CCCC([C@@]2(C3C=CC=CC3)c3ccc(C45C=CC=CC4C5)cc3C3C=CC(NC4=CC5C=CC=C[C@@H]5C=C4)CC32)=C1. The van der Waals surface area contributed by atoms with Gasteiger partial charge in [-0.25, -0.2) is 0 Å². The van der Waals surface area contributed by atoms with Gasteiger partial charge in [0, 0.05) is 40.3 Å². The van der Waals surface area contributed by atoms with Crippen LogP contribution in [0.3, 0.4) is 0 Å². The molecule has 1 N–H and O–H groups in total. The van der Waals surface area contributed by atoms with Crippen LogP contribution in [0.2, 0.25) is 0 Å². The van der Waals surface area contributed by atoms with Gasteiger partial charge in [-0.05, 0) is 72.6 Å². The second-order valence-electron chi connectivity index (χ2n) is 14.0. The van der Waals surface area contributed by atoms with E-state index in [9.17, 15) is 0 Å². The third kappa shape index (κ3) is 3.90. The van der Waals surface area contributed by atoms with Gasteiger partial charge >= 0.3 is 0 Å². The predicted molar refractivity (Wildman–Crippen MR) is 178 cm³/mol. The minimum absolute atomic E-state index is 0.0109. The van der Waals surface area contributed by atoms with E-state index in [1.54, 1.807) is 16.7 Å². The highest BCUT2D eigenvalue weighted by atomic mass is 14.9. The van der Waals surface area contributed by atoms with Gasteiger partial charge in [-0.15, -0.1) is 0 Å². The van der Waals surface area contributed by atoms with Crippen molar-refractivity contribution in [1.82, 2.24) is 5.32 Å². The molecule has 0 heterocycles. The summed E-state index contributed by atoms with van der Waals surface area (Å²) in [6, 6.07) is 8.06. The van der Waals surface area contributed by atoms with E-state index in [1.165, 1.54) is 17.7 Å². The zero-order valence-corrected chi connectivity index (χ0v) is 24.9. The summed E-state index contributed by atoms with van der Waals surface area (Å²) in [6.45, 7) is 0. The Labute approximate surface area is 256 Å². The van der Waals surface area contributed by atoms with Crippen LogP contribution in [0.5, 0.6) is 0 Å². The van der Waals surface area contributed by atoms with Crippen LogP contribution in [0.25, 0.3) is 0 Å². The number of fused-ring (bicyclic) bond motifs is 5. The standard InChI is InChI=1S/C42H41N/c1-3-13-31(14-4-1)42(32-15-5-2-6-16-32)39-23-19-33(41-24-10-9-17-34(41)28-41)26-38(39)37-22-21-36(27-40(37)42)43-35-20-18-29-11-7-8-12-30(29)25-35/h1-5,7-13,15,17-26,29-31,34,36-37,40,43H,6,14,16,27-28H2/t29-,30?,31?,34?,36?,37?,40?,41?,42+/m1/s1. The molecular weight excluding hydrogens is 518 g/mol. The second-order valence-corrected chi connectivity index (χ2v) is 14.0. The van der Waals surface area contributed by atoms with Crippen molar-refractivity contribution in [1.29, 1.82) is 0 Å². The third-order valence-electron chi connectivity index (χ3n) is 11.9. The van der Waals surface area contributed by atoms with Crippen LogP contribution in [-0.4, -0.2) is 6.04 Å². The van der Waals surface area contributed by atoms with Crippen molar-refractivity contribution in [3.63, 3.8) is 0 Å². The number of hydrogen-bond donors (Lipinski definition) is 1. The van der Waals surface area contributed by atoms with Crippen LogP contribution in [0.4, 0.5) is 0 Å². The van der Waals surface area contributed by atoms with E-state index in [1.807, 2.05) is 0 Å². The van der Waals surface area contributed by atoms with Crippen molar-refractivity contribution >= 4 is 0 Å². The summed E-state index contributed by atoms with van der Waals surface area (Å²) in [5, 5.41) is 4.00. The molecule has 43 heavy (non-hydrogen) atoms. The van der Waals surface area contributed by atoms with Crippen molar-refractivity contribution in [3.05, 3.63) is 168 Å². The molecule has 9 atom stereocenters. The van der Waals surface area contributed by atoms with Gasteiger partial charge in [0.1, 0.15) is 0 Å². The molecule has 1 aromatic rings. The van der Waals surface area contributed by atoms with E-state index in [4.69, 9.17) is 0 Å². The lowest BCUT2D eigenvalue weighted by Gasteiger charge is -2.48. The summed E-state index contributed by atoms with van der Waals surface area (Å²) in [6.07, 6.45) is 53.2. The minimum Gasteiger partial charge on any atom is -0.379 e. The molecule has 8 aliphatic carbocycles. The first kappa shape index (κ1) is 25.6. The highest BCUT2D eigenvalue weighted by molar-refractivity contribution is 5.59. The van der Waals surface area contributed by atoms with Gasteiger partial charge in [-0.1, -0.05) is 139 Å². The van der Waals surface area contributed by atoms with Crippen LogP contribution < -0.4 is 5.32 Å². The van der Waals surface area contributed by atoms with E-state index in [0.717, 1.165) is 25.7 Å². The maximum Gasteiger partial charge on any atom is 0.0447 e. The van der Waals surface area contributed by atoms with Crippen LogP contribution in [0, 0.1) is 29.6 Å². The summed E-state index contributed by atoms with van der Waals surface area (Å²) in [4.78, 5) is 0. The van der Waals surface area contributed by atoms with Crippen molar-refractivity contribution in [2.75, 3.05) is 0 Å². The first-order chi connectivity index (χ1) is 21.3. The van der Waals surface area contributed by atoms with Crippen molar-refractivity contribution in [3.8, 4) is 0 Å². The molecule has 0 radical (unpaired) electrons. The summed E-state index contributed by atoms with van der Waals surface area (Å²) in [7, 11) is 0. The highest BCUT2D eigenvalue weighted by Gasteiger charge is 2.59. The van der Waals surface area contributed by atoms with Crippen LogP contribution in [0.1, 0.15) is 54.7 Å². The van der Waals surface area contributed by atoms with E-state index in [2.05, 4.69) is 145 Å². The number of benzene rings is 1. The molecule has 1 saturated carbocycles. The molecule has 1 fully saturated rings. The molecule has 0 bridgehead atoms. The maximum absolute atomic E-state index is 4.00. The molecule has 0 saturated heterocycles. The molecule has 214 valence electrons. The molecule has 1 aromatic carbocycles. The molecule has 8 aliphatic rings. The highest BCUT2D eigenvalue weighted by Crippen LogP contribution is 2.65. The fourth-order valence-electron chi connectivity index (χ4n) is 9.86. The Morgan fingerprint density at radius 3 is 2.51 bits per heavy atom. The molecular formula is C42H41N. The maximum atomic E-state index is 4.00. The number of nitrogens with one attached hydrogen (secondary N) is 1. The lowest BCUT2D eigenvalue weighted by atomic mass is 9.56. The van der Waals surface area contributed by atoms with E-state index >= 15 is 0 Å². The molecule has 0 amide bonds. The Balaban J connectivity index is 1.14. The molecule has 0 aromatic heterocycles. The van der Waals surface area contributed by atoms with Crippen LogP contribution >= 0.6 is 0 Å². The Kier molecular flexibility index (Phi) is 5.87. The summed E-state index contributed by atoms with van der Waals surface area (Å²) >= 11 is 0. The number of hydrogen-bond acceptors (Lipinski definition) is 1. The Morgan fingerprint density at radius 2 is 1.65 bits per heavy atom. The second kappa shape index (κ2) is 9.84. The first-order valence-electron chi connectivity index (χ1n) is 16.7. The molecule has 9 rings (SSSR count). The third-order valence-corrected chi connectivity index (χ3v) is 11.9. The van der Waals surface area contributed by atoms with Crippen molar-refractivity contribution in [2.24, 2.45) is 29.6 Å². The summed E-state index contributed by atoms with van der Waals surface area (Å²) < 4.78 is 0. The van der Waals surface area contributed by atoms with Gasteiger partial charge in [0.25, 0.3) is 0 Å². The van der Waals surface area contributed by atoms with E-state index in [-0.39, 0.29) is 10.8 Å². The quantitative estimate of drug-likeness (QED) is 0.355. The van der Waals surface area contributed by atoms with Crippen molar-refractivity contribution < 1.29 is 0 Å². The molecule has 7 unspecified atom stereocenters. The van der Waals surface area contributed by atoms with Crippen LogP contribution in [0.15, 0.2) is 151 Å². The van der Waals surface area contributed by atoms with Crippen molar-refractivity contribution in [2.45, 2.75) is 54.9 Å². The first-order valence-corrected chi connectivity index (χ1v) is 16.7. The fraction of sp³-hybridized carbons (Fsp3) is 0.333. The predicted octanol–water partition coefficient (Wildman–Crippen LogP) is 9.16. The van der Waals surface area contributed by atoms with E-state index in [0.29, 0.717) is 41.5 Å². The van der Waals surface area contributed by atoms with Gasteiger partial charge in [0.15, 0.2) is 0 Å². The summed E-state index contributed by atoms with van der Waals surface area (Å²) in [5.74, 6) is 3.05. The Morgan fingerprint density at radius 1 is 0.767 bits per heavy atom. The molecule has 0 spiro atoms. The lowest BCUT2D eigenvalue weighted by molar-refractivity contribution is 0.215. The largest absolute Gasteiger partial charge is 0.379 e. The van der Waals surface area contributed by atoms with E-state index < -0.39 is 0 Å². The lowest BCUT2D eigenvalue weighted by Crippen LogP contribution is -2.46. The monoisotopic (exact) mass is 559 g/mol. The zero-order valence-electron chi connectivity index (χ0n) is 24.9. The van der Waals surface area contributed by atoms with Gasteiger partial charge in [0.2, 0.25) is 0 Å². The van der Waals surface area contributed by atoms with Crippen LogP contribution in [-0.2, 0) is 10.8 Å². The summed E-state index contributed by atoms with van der Waals surface area (Å²) in [5.41, 5.74) is 7.87. The fourth-order valence-corrected chi connectivity index (χ4v) is 9.86. The minimum atomic E-state index is 0.0109. The van der Waals surface area contributed by atoms with Gasteiger partial charge < -0.3 is 5.32 Å². The Bertz CT molecular complexity index is 1680.